The van der Waals surface area contributed by atoms with E-state index in [0.29, 0.717) is 0 Å². The summed E-state index contributed by atoms with van der Waals surface area (Å²) in [5.41, 5.74) is 3.04. The van der Waals surface area contributed by atoms with E-state index in [4.69, 9.17) is 4.74 Å². The Labute approximate surface area is 157 Å². The van der Waals surface area contributed by atoms with Gasteiger partial charge >= 0.3 is 0 Å². The molecule has 2 aromatic carbocycles. The molecule has 1 N–H and O–H groups in total. The van der Waals surface area contributed by atoms with Crippen LogP contribution in [0.5, 0.6) is 5.75 Å². The molecule has 140 valence electrons. The van der Waals surface area contributed by atoms with Crippen LogP contribution in [-0.4, -0.2) is 37.8 Å². The van der Waals surface area contributed by atoms with Crippen LogP contribution < -0.4 is 4.74 Å². The largest absolute Gasteiger partial charge is 0.497 e. The molecule has 0 heterocycles. The van der Waals surface area contributed by atoms with Crippen molar-refractivity contribution in [3.05, 3.63) is 70.8 Å². The summed E-state index contributed by atoms with van der Waals surface area (Å²) in [6, 6.07) is 16.1. The Morgan fingerprint density at radius 2 is 1.85 bits per heavy atom. The highest BCUT2D eigenvalue weighted by Gasteiger charge is 2.37. The Balaban J connectivity index is 2.49. The predicted octanol–water partition coefficient (Wildman–Crippen LogP) is 4.49. The minimum absolute atomic E-state index is 0.0359. The smallest absolute Gasteiger partial charge is 0.118 e. The molecule has 0 aliphatic heterocycles. The number of hydrogen-bond acceptors (Lipinski definition) is 3. The van der Waals surface area contributed by atoms with Gasteiger partial charge in [0.1, 0.15) is 11.4 Å². The van der Waals surface area contributed by atoms with Crippen LogP contribution in [0.25, 0.3) is 6.08 Å². The number of hydrogen-bond donors (Lipinski definition) is 1. The summed E-state index contributed by atoms with van der Waals surface area (Å²) in [4.78, 5) is 2.12. The van der Waals surface area contributed by atoms with Crippen LogP contribution in [0.3, 0.4) is 0 Å². The Morgan fingerprint density at radius 1 is 1.19 bits per heavy atom. The van der Waals surface area contributed by atoms with Crippen LogP contribution in [0.2, 0.25) is 0 Å². The number of ether oxygens (including phenoxy) is 1. The first-order valence-corrected chi connectivity index (χ1v) is 9.04. The Morgan fingerprint density at radius 3 is 2.38 bits per heavy atom. The van der Waals surface area contributed by atoms with Gasteiger partial charge < -0.3 is 14.7 Å². The predicted molar refractivity (Wildman–Crippen MR) is 109 cm³/mol. The summed E-state index contributed by atoms with van der Waals surface area (Å²) in [5.74, 6) is 0.864. The van der Waals surface area contributed by atoms with Crippen LogP contribution in [0.4, 0.5) is 0 Å². The van der Waals surface area contributed by atoms with E-state index in [9.17, 15) is 5.11 Å². The second-order valence-electron chi connectivity index (χ2n) is 7.40. The van der Waals surface area contributed by atoms with E-state index >= 15 is 0 Å². The van der Waals surface area contributed by atoms with Crippen molar-refractivity contribution in [2.24, 2.45) is 5.92 Å². The lowest BCUT2D eigenvalue weighted by molar-refractivity contribution is 0.0105. The Hall–Kier alpha value is -2.10. The molecule has 0 saturated carbocycles. The van der Waals surface area contributed by atoms with Gasteiger partial charge in [-0.15, -0.1) is 0 Å². The van der Waals surface area contributed by atoms with Crippen molar-refractivity contribution < 1.29 is 9.84 Å². The minimum Gasteiger partial charge on any atom is -0.497 e. The van der Waals surface area contributed by atoms with Crippen molar-refractivity contribution in [3.63, 3.8) is 0 Å². The molecule has 26 heavy (non-hydrogen) atoms. The maximum atomic E-state index is 11.8. The molecule has 0 bridgehead atoms. The lowest BCUT2D eigenvalue weighted by atomic mass is 9.76. The van der Waals surface area contributed by atoms with E-state index in [-0.39, 0.29) is 5.92 Å². The highest BCUT2D eigenvalue weighted by molar-refractivity contribution is 5.57. The van der Waals surface area contributed by atoms with Crippen molar-refractivity contribution in [1.82, 2.24) is 4.90 Å². The summed E-state index contributed by atoms with van der Waals surface area (Å²) >= 11 is 0. The van der Waals surface area contributed by atoms with Crippen molar-refractivity contribution in [2.75, 3.05) is 27.7 Å². The molecule has 3 heteroatoms. The molecule has 2 unspecified atom stereocenters. The summed E-state index contributed by atoms with van der Waals surface area (Å²) in [6.07, 6.45) is 2.06. The van der Waals surface area contributed by atoms with E-state index in [1.54, 1.807) is 7.11 Å². The fourth-order valence-electron chi connectivity index (χ4n) is 3.52. The molecule has 0 radical (unpaired) electrons. The van der Waals surface area contributed by atoms with Gasteiger partial charge in [0.25, 0.3) is 0 Å². The van der Waals surface area contributed by atoms with E-state index in [1.807, 2.05) is 57.4 Å². The van der Waals surface area contributed by atoms with Gasteiger partial charge in [-0.1, -0.05) is 55.0 Å². The fourth-order valence-corrected chi connectivity index (χ4v) is 3.52. The zero-order chi connectivity index (χ0) is 19.3. The maximum Gasteiger partial charge on any atom is 0.118 e. The average molecular weight is 354 g/mol. The zero-order valence-electron chi connectivity index (χ0n) is 16.8. The summed E-state index contributed by atoms with van der Waals surface area (Å²) in [5, 5.41) is 11.8. The van der Waals surface area contributed by atoms with Gasteiger partial charge in [0, 0.05) is 12.5 Å². The lowest BCUT2D eigenvalue weighted by Crippen LogP contribution is -2.40. The molecule has 0 aliphatic carbocycles. The number of benzene rings is 2. The summed E-state index contributed by atoms with van der Waals surface area (Å²) in [7, 11) is 5.74. The minimum atomic E-state index is -1.03. The molecule has 2 rings (SSSR count). The average Bonchev–Trinajstić information content (AvgIpc) is 2.60. The molecule has 2 aromatic rings. The van der Waals surface area contributed by atoms with E-state index in [2.05, 4.69) is 37.0 Å². The fraction of sp³-hybridized carbons (Fsp3) is 0.391. The van der Waals surface area contributed by atoms with Gasteiger partial charge in [0.15, 0.2) is 0 Å². The number of aryl methyl sites for hydroxylation is 1. The molecule has 2 atom stereocenters. The van der Waals surface area contributed by atoms with Crippen LogP contribution in [0.1, 0.15) is 30.5 Å². The monoisotopic (exact) mass is 353 g/mol. The van der Waals surface area contributed by atoms with Crippen molar-refractivity contribution >= 4 is 6.08 Å². The van der Waals surface area contributed by atoms with E-state index in [0.717, 1.165) is 34.6 Å². The third kappa shape index (κ3) is 4.54. The molecule has 0 fully saturated rings. The van der Waals surface area contributed by atoms with Crippen LogP contribution in [0.15, 0.2) is 54.1 Å². The number of rotatable bonds is 7. The van der Waals surface area contributed by atoms with Crippen molar-refractivity contribution in [1.29, 1.82) is 0 Å². The first-order chi connectivity index (χ1) is 12.3. The second-order valence-corrected chi connectivity index (χ2v) is 7.40. The summed E-state index contributed by atoms with van der Waals surface area (Å²) < 4.78 is 5.23. The van der Waals surface area contributed by atoms with E-state index in [1.165, 1.54) is 0 Å². The van der Waals surface area contributed by atoms with Gasteiger partial charge in [-0.3, -0.25) is 0 Å². The summed E-state index contributed by atoms with van der Waals surface area (Å²) in [6.45, 7) is 6.97. The van der Waals surface area contributed by atoms with Gasteiger partial charge in [0.05, 0.1) is 7.11 Å². The van der Waals surface area contributed by atoms with Crippen LogP contribution in [0, 0.1) is 12.8 Å². The quantitative estimate of drug-likeness (QED) is 0.796. The number of nitrogens with zero attached hydrogens (tertiary/aromatic N) is 1. The van der Waals surface area contributed by atoms with Crippen molar-refractivity contribution in [2.45, 2.75) is 26.4 Å². The molecule has 0 saturated heterocycles. The Bertz CT molecular complexity index is 749. The molecule has 0 spiro atoms. The third-order valence-electron chi connectivity index (χ3n) is 4.91. The van der Waals surface area contributed by atoms with Gasteiger partial charge in [-0.2, -0.15) is 0 Å². The van der Waals surface area contributed by atoms with Crippen LogP contribution >= 0.6 is 0 Å². The SMILES string of the molecule is COc1ccc(/C=C(\C)C(O)(c2cccc(C)c2)C(C)CN(C)C)cc1. The number of aliphatic hydroxyl groups is 1. The highest BCUT2D eigenvalue weighted by atomic mass is 16.5. The van der Waals surface area contributed by atoms with E-state index < -0.39 is 5.60 Å². The van der Waals surface area contributed by atoms with Gasteiger partial charge in [0.2, 0.25) is 0 Å². The molecule has 3 nitrogen and oxygen atoms in total. The van der Waals surface area contributed by atoms with Crippen molar-refractivity contribution in [3.8, 4) is 5.75 Å². The molecular formula is C23H31NO2. The van der Waals surface area contributed by atoms with Gasteiger partial charge in [-0.05, 0) is 56.8 Å². The standard InChI is InChI=1S/C23H31NO2/c1-17-8-7-9-21(14-17)23(25,19(3)16-24(4)5)18(2)15-20-10-12-22(26-6)13-11-20/h7-15,19,25H,16H2,1-6H3/b18-15+. The zero-order valence-corrected chi connectivity index (χ0v) is 16.8. The first kappa shape index (κ1) is 20.2. The normalized spacial score (nSPS) is 15.6. The number of methoxy groups -OCH3 is 1. The highest BCUT2D eigenvalue weighted by Crippen LogP contribution is 2.38. The molecule has 0 amide bonds. The first-order valence-electron chi connectivity index (χ1n) is 9.04. The van der Waals surface area contributed by atoms with Crippen LogP contribution in [-0.2, 0) is 5.60 Å². The molecule has 0 aliphatic rings. The Kier molecular flexibility index (Phi) is 6.63. The lowest BCUT2D eigenvalue weighted by Gasteiger charge is -2.37. The molecule has 0 aromatic heterocycles. The maximum absolute atomic E-state index is 11.8. The molecular weight excluding hydrogens is 322 g/mol. The van der Waals surface area contributed by atoms with Gasteiger partial charge in [-0.25, -0.2) is 0 Å². The topological polar surface area (TPSA) is 32.7 Å². The third-order valence-corrected chi connectivity index (χ3v) is 4.91. The second kappa shape index (κ2) is 8.52.